The SMILES string of the molecule is c1ccc(-c2ccc(-c3cc(-c4cccc(-c5ccc6oc7ccccc7c6c5)c4)nc(-c4cccc5ccccc45)n3)cc2-c2ccccc2)cc1. The van der Waals surface area contributed by atoms with Crippen LogP contribution in [-0.4, -0.2) is 9.97 Å². The molecule has 0 amide bonds. The maximum Gasteiger partial charge on any atom is 0.161 e. The maximum absolute atomic E-state index is 6.13. The van der Waals surface area contributed by atoms with Crippen LogP contribution in [0.15, 0.2) is 199 Å². The first-order valence-corrected chi connectivity index (χ1v) is 17.9. The number of nitrogens with zero attached hydrogens (tertiary/aromatic N) is 2. The van der Waals surface area contributed by atoms with Gasteiger partial charge in [0.05, 0.1) is 11.4 Å². The molecule has 3 nitrogen and oxygen atoms in total. The largest absolute Gasteiger partial charge is 0.456 e. The highest BCUT2D eigenvalue weighted by Gasteiger charge is 2.16. The lowest BCUT2D eigenvalue weighted by Gasteiger charge is -2.15. The second-order valence-electron chi connectivity index (χ2n) is 13.4. The summed E-state index contributed by atoms with van der Waals surface area (Å²) in [4.78, 5) is 10.6. The van der Waals surface area contributed by atoms with Gasteiger partial charge in [-0.1, -0.05) is 158 Å². The van der Waals surface area contributed by atoms with Gasteiger partial charge >= 0.3 is 0 Å². The Morgan fingerprint density at radius 3 is 1.68 bits per heavy atom. The van der Waals surface area contributed by atoms with Crippen LogP contribution in [0.1, 0.15) is 0 Å². The molecule has 2 aromatic heterocycles. The third-order valence-corrected chi connectivity index (χ3v) is 10.1. The van der Waals surface area contributed by atoms with Crippen molar-refractivity contribution >= 4 is 32.7 Å². The van der Waals surface area contributed by atoms with Crippen molar-refractivity contribution in [2.75, 3.05) is 0 Å². The van der Waals surface area contributed by atoms with Gasteiger partial charge in [0, 0.05) is 27.5 Å². The minimum Gasteiger partial charge on any atom is -0.456 e. The van der Waals surface area contributed by atoms with Gasteiger partial charge in [0.2, 0.25) is 0 Å². The second-order valence-corrected chi connectivity index (χ2v) is 13.4. The third kappa shape index (κ3) is 5.65. The molecule has 53 heavy (non-hydrogen) atoms. The first-order valence-electron chi connectivity index (χ1n) is 17.9. The van der Waals surface area contributed by atoms with Crippen molar-refractivity contribution in [2.45, 2.75) is 0 Å². The molecule has 0 atom stereocenters. The molecule has 0 unspecified atom stereocenters. The van der Waals surface area contributed by atoms with Crippen molar-refractivity contribution in [1.82, 2.24) is 9.97 Å². The van der Waals surface area contributed by atoms with Crippen molar-refractivity contribution in [3.63, 3.8) is 0 Å². The minimum atomic E-state index is 0.694. The van der Waals surface area contributed by atoms with Gasteiger partial charge in [-0.15, -0.1) is 0 Å². The molecule has 0 radical (unpaired) electrons. The molecule has 248 valence electrons. The number of para-hydroxylation sites is 1. The molecular formula is C50H32N2O. The molecule has 0 aliphatic heterocycles. The standard InChI is InChI=1S/C50H32N2O/c1-3-13-33(14-4-1)41-27-25-39(31-44(41)35-15-5-2-6-16-35)47-32-46(51-50(52-47)43-23-12-18-34-17-7-8-21-40(34)43)38-20-11-19-36(29-38)37-26-28-49-45(30-37)42-22-9-10-24-48(42)53-49/h1-32H. The van der Waals surface area contributed by atoms with Crippen LogP contribution in [-0.2, 0) is 0 Å². The van der Waals surface area contributed by atoms with E-state index >= 15 is 0 Å². The zero-order valence-electron chi connectivity index (χ0n) is 28.8. The predicted molar refractivity (Wildman–Crippen MR) is 219 cm³/mol. The molecule has 0 fully saturated rings. The van der Waals surface area contributed by atoms with Gasteiger partial charge in [-0.2, -0.15) is 0 Å². The monoisotopic (exact) mass is 676 g/mol. The topological polar surface area (TPSA) is 38.9 Å². The lowest BCUT2D eigenvalue weighted by molar-refractivity contribution is 0.669. The molecule has 10 aromatic rings. The molecule has 0 aliphatic rings. The smallest absolute Gasteiger partial charge is 0.161 e. The Hall–Kier alpha value is -7.10. The van der Waals surface area contributed by atoms with E-state index in [1.807, 2.05) is 12.1 Å². The van der Waals surface area contributed by atoms with Crippen LogP contribution in [0.2, 0.25) is 0 Å². The summed E-state index contributed by atoms with van der Waals surface area (Å²) in [5, 5.41) is 4.51. The van der Waals surface area contributed by atoms with Gasteiger partial charge in [-0.05, 0) is 80.6 Å². The van der Waals surface area contributed by atoms with Crippen LogP contribution in [0.4, 0.5) is 0 Å². The average molecular weight is 677 g/mol. The van der Waals surface area contributed by atoms with Crippen molar-refractivity contribution in [1.29, 1.82) is 0 Å². The van der Waals surface area contributed by atoms with Crippen molar-refractivity contribution in [2.24, 2.45) is 0 Å². The van der Waals surface area contributed by atoms with Gasteiger partial charge in [0.1, 0.15) is 11.2 Å². The van der Waals surface area contributed by atoms with Gasteiger partial charge < -0.3 is 4.42 Å². The van der Waals surface area contributed by atoms with E-state index in [0.29, 0.717) is 5.82 Å². The van der Waals surface area contributed by atoms with E-state index in [-0.39, 0.29) is 0 Å². The van der Waals surface area contributed by atoms with E-state index in [4.69, 9.17) is 14.4 Å². The van der Waals surface area contributed by atoms with Gasteiger partial charge in [-0.3, -0.25) is 0 Å². The fourth-order valence-corrected chi connectivity index (χ4v) is 7.48. The quantitative estimate of drug-likeness (QED) is 0.176. The summed E-state index contributed by atoms with van der Waals surface area (Å²) < 4.78 is 6.13. The van der Waals surface area contributed by atoms with Crippen LogP contribution in [0.25, 0.3) is 100.0 Å². The third-order valence-electron chi connectivity index (χ3n) is 10.1. The van der Waals surface area contributed by atoms with Crippen molar-refractivity contribution in [3.05, 3.63) is 194 Å². The molecule has 8 aromatic carbocycles. The Labute approximate surface area is 307 Å². The fraction of sp³-hybridized carbons (Fsp3) is 0. The molecular weight excluding hydrogens is 645 g/mol. The summed E-state index contributed by atoms with van der Waals surface area (Å²) in [6, 6.07) is 68.1. The first-order chi connectivity index (χ1) is 26.2. The lowest BCUT2D eigenvalue weighted by Crippen LogP contribution is -1.97. The maximum atomic E-state index is 6.13. The summed E-state index contributed by atoms with van der Waals surface area (Å²) in [7, 11) is 0. The summed E-state index contributed by atoms with van der Waals surface area (Å²) in [6.07, 6.45) is 0. The van der Waals surface area contributed by atoms with Crippen LogP contribution >= 0.6 is 0 Å². The van der Waals surface area contributed by atoms with E-state index in [0.717, 1.165) is 83.0 Å². The molecule has 0 N–H and O–H groups in total. The highest BCUT2D eigenvalue weighted by molar-refractivity contribution is 6.06. The predicted octanol–water partition coefficient (Wildman–Crippen LogP) is 13.5. The summed E-state index contributed by atoms with van der Waals surface area (Å²) in [5.74, 6) is 0.694. The molecule has 0 bridgehead atoms. The van der Waals surface area contributed by atoms with Crippen LogP contribution < -0.4 is 0 Å². The zero-order valence-corrected chi connectivity index (χ0v) is 28.8. The van der Waals surface area contributed by atoms with E-state index in [9.17, 15) is 0 Å². The second kappa shape index (κ2) is 12.9. The van der Waals surface area contributed by atoms with Gasteiger partial charge in [-0.25, -0.2) is 9.97 Å². The lowest BCUT2D eigenvalue weighted by atomic mass is 9.92. The molecule has 10 rings (SSSR count). The molecule has 3 heteroatoms. The molecule has 0 saturated carbocycles. The highest BCUT2D eigenvalue weighted by atomic mass is 16.3. The first kappa shape index (κ1) is 30.7. The van der Waals surface area contributed by atoms with Gasteiger partial charge in [0.15, 0.2) is 5.82 Å². The summed E-state index contributed by atoms with van der Waals surface area (Å²) >= 11 is 0. The molecule has 0 spiro atoms. The number of hydrogen-bond donors (Lipinski definition) is 0. The van der Waals surface area contributed by atoms with Crippen LogP contribution in [0, 0.1) is 0 Å². The summed E-state index contributed by atoms with van der Waals surface area (Å²) in [5.41, 5.74) is 13.5. The molecule has 0 aliphatic carbocycles. The Morgan fingerprint density at radius 1 is 0.302 bits per heavy atom. The van der Waals surface area contributed by atoms with Gasteiger partial charge in [0.25, 0.3) is 0 Å². The van der Waals surface area contributed by atoms with E-state index in [2.05, 4.69) is 182 Å². The fourth-order valence-electron chi connectivity index (χ4n) is 7.48. The number of benzene rings is 8. The van der Waals surface area contributed by atoms with E-state index in [1.54, 1.807) is 0 Å². The van der Waals surface area contributed by atoms with Crippen LogP contribution in [0.5, 0.6) is 0 Å². The Balaban J connectivity index is 1.16. The number of furan rings is 1. The van der Waals surface area contributed by atoms with E-state index in [1.165, 1.54) is 11.1 Å². The molecule has 0 saturated heterocycles. The van der Waals surface area contributed by atoms with Crippen LogP contribution in [0.3, 0.4) is 0 Å². The Kier molecular flexibility index (Phi) is 7.47. The normalized spacial score (nSPS) is 11.4. The zero-order chi connectivity index (χ0) is 35.1. The minimum absolute atomic E-state index is 0.694. The Morgan fingerprint density at radius 2 is 0.868 bits per heavy atom. The molecule has 2 heterocycles. The number of hydrogen-bond acceptors (Lipinski definition) is 3. The Bertz CT molecular complexity index is 2940. The summed E-state index contributed by atoms with van der Waals surface area (Å²) in [6.45, 7) is 0. The average Bonchev–Trinajstić information content (AvgIpc) is 3.62. The number of aromatic nitrogens is 2. The van der Waals surface area contributed by atoms with E-state index < -0.39 is 0 Å². The van der Waals surface area contributed by atoms with Crippen molar-refractivity contribution < 1.29 is 4.42 Å². The highest BCUT2D eigenvalue weighted by Crippen LogP contribution is 2.38. The van der Waals surface area contributed by atoms with Crippen molar-refractivity contribution in [3.8, 4) is 67.3 Å². The number of rotatable bonds is 6. The number of fused-ring (bicyclic) bond motifs is 4.